The molecule has 0 spiro atoms. The topological polar surface area (TPSA) is 92.9 Å². The van der Waals surface area contributed by atoms with Gasteiger partial charge in [0.05, 0.1) is 23.6 Å². The maximum atomic E-state index is 10.8. The molecule has 106 valence electrons. The molecule has 1 aromatic carbocycles. The van der Waals surface area contributed by atoms with Gasteiger partial charge in [-0.25, -0.2) is 0 Å². The maximum Gasteiger partial charge on any atom is 0.373 e. The number of rotatable bonds is 2. The van der Waals surface area contributed by atoms with Crippen molar-refractivity contribution in [1.82, 2.24) is 5.01 Å². The first kappa shape index (κ1) is 15.5. The van der Waals surface area contributed by atoms with Gasteiger partial charge in [-0.1, -0.05) is 30.3 Å². The molecule has 0 aromatic heterocycles. The van der Waals surface area contributed by atoms with Crippen molar-refractivity contribution in [2.45, 2.75) is 26.4 Å². The molecule has 1 aromatic rings. The van der Waals surface area contributed by atoms with Crippen LogP contribution in [0.25, 0.3) is 0 Å². The highest BCUT2D eigenvalue weighted by Gasteiger charge is 2.40. The Balaban J connectivity index is 0.000000612. The fourth-order valence-corrected chi connectivity index (χ4v) is 1.94. The summed E-state index contributed by atoms with van der Waals surface area (Å²) in [5.74, 6) is -0.0675. The Kier molecular flexibility index (Phi) is 5.56. The highest BCUT2D eigenvalue weighted by Crippen LogP contribution is 2.23. The van der Waals surface area contributed by atoms with Gasteiger partial charge in [0.15, 0.2) is 0 Å². The van der Waals surface area contributed by atoms with Crippen LogP contribution in [0.5, 0.6) is 0 Å². The zero-order valence-corrected chi connectivity index (χ0v) is 11.2. The van der Waals surface area contributed by atoms with Gasteiger partial charge in [-0.15, -0.1) is 0 Å². The first-order valence-electron chi connectivity index (χ1n) is 6.04. The van der Waals surface area contributed by atoms with Crippen LogP contribution in [0.15, 0.2) is 35.4 Å². The molecule has 2 atom stereocenters. The maximum absolute atomic E-state index is 10.8. The van der Waals surface area contributed by atoms with E-state index >= 15 is 0 Å². The summed E-state index contributed by atoms with van der Waals surface area (Å²) in [5.41, 5.74) is 1.11. The van der Waals surface area contributed by atoms with E-state index in [0.717, 1.165) is 5.56 Å². The number of hydrogen-bond donors (Lipinski definition) is 0. The summed E-state index contributed by atoms with van der Waals surface area (Å²) in [7, 11) is 0. The van der Waals surface area contributed by atoms with E-state index in [1.54, 1.807) is 5.01 Å². The quantitative estimate of drug-likeness (QED) is 0.603. The van der Waals surface area contributed by atoms with E-state index < -0.39 is 0 Å². The molecular weight excluding hydrogens is 262 g/mol. The average molecular weight is 277 g/mol. The Bertz CT molecular complexity index is 524. The van der Waals surface area contributed by atoms with Crippen molar-refractivity contribution in [3.8, 4) is 0 Å². The average Bonchev–Trinajstić information content (AvgIpc) is 2.69. The molecule has 0 saturated heterocycles. The number of hydrogen-bond acceptors (Lipinski definition) is 6. The van der Waals surface area contributed by atoms with Gasteiger partial charge in [0.2, 0.25) is 0 Å². The predicted octanol–water partition coefficient (Wildman–Crippen LogP) is 1.53. The van der Waals surface area contributed by atoms with E-state index in [9.17, 15) is 10.1 Å². The monoisotopic (exact) mass is 277 g/mol. The lowest BCUT2D eigenvalue weighted by molar-refractivity contribution is -0.355. The SMILES string of the molecule is CC1C([N+](=O)[O-])=NN(Cc2ccccc2)C1C.O=C=O. The van der Waals surface area contributed by atoms with E-state index in [0.29, 0.717) is 6.54 Å². The fraction of sp³-hybridized carbons (Fsp3) is 0.385. The van der Waals surface area contributed by atoms with E-state index in [4.69, 9.17) is 9.59 Å². The van der Waals surface area contributed by atoms with E-state index in [-0.39, 0.29) is 28.9 Å². The molecule has 0 radical (unpaired) electrons. The van der Waals surface area contributed by atoms with Gasteiger partial charge in [-0.05, 0) is 24.3 Å². The lowest BCUT2D eigenvalue weighted by Crippen LogP contribution is -2.29. The van der Waals surface area contributed by atoms with Crippen LogP contribution in [0, 0.1) is 16.0 Å². The fourth-order valence-electron chi connectivity index (χ4n) is 1.94. The summed E-state index contributed by atoms with van der Waals surface area (Å²) in [6, 6.07) is 9.92. The largest absolute Gasteiger partial charge is 0.373 e. The second kappa shape index (κ2) is 7.16. The molecule has 0 bridgehead atoms. The van der Waals surface area contributed by atoms with E-state index in [2.05, 4.69) is 5.10 Å². The van der Waals surface area contributed by atoms with Crippen LogP contribution in [0.3, 0.4) is 0 Å². The Morgan fingerprint density at radius 3 is 2.30 bits per heavy atom. The second-order valence-corrected chi connectivity index (χ2v) is 4.41. The van der Waals surface area contributed by atoms with Crippen molar-refractivity contribution in [1.29, 1.82) is 0 Å². The van der Waals surface area contributed by atoms with Crippen LogP contribution in [-0.2, 0) is 16.1 Å². The smallest absolute Gasteiger partial charge is 0.358 e. The molecule has 1 aliphatic heterocycles. The van der Waals surface area contributed by atoms with Crippen LogP contribution in [0.1, 0.15) is 19.4 Å². The minimum absolute atomic E-state index is 0.0634. The van der Waals surface area contributed by atoms with Crippen molar-refractivity contribution >= 4 is 12.0 Å². The van der Waals surface area contributed by atoms with Crippen LogP contribution in [0.4, 0.5) is 0 Å². The van der Waals surface area contributed by atoms with Gasteiger partial charge in [0, 0.05) is 0 Å². The zero-order valence-electron chi connectivity index (χ0n) is 11.2. The van der Waals surface area contributed by atoms with Crippen molar-refractivity contribution < 1.29 is 14.5 Å². The first-order valence-corrected chi connectivity index (χ1v) is 6.04. The van der Waals surface area contributed by atoms with Gasteiger partial charge in [-0.2, -0.15) is 14.6 Å². The molecule has 0 fully saturated rings. The van der Waals surface area contributed by atoms with Crippen LogP contribution < -0.4 is 0 Å². The Morgan fingerprint density at radius 1 is 1.30 bits per heavy atom. The molecule has 0 amide bonds. The van der Waals surface area contributed by atoms with Crippen molar-refractivity contribution in [2.75, 3.05) is 0 Å². The summed E-state index contributed by atoms with van der Waals surface area (Å²) in [5, 5.41) is 16.7. The molecule has 2 rings (SSSR count). The lowest BCUT2D eigenvalue weighted by atomic mass is 10.0. The summed E-state index contributed by atoms with van der Waals surface area (Å²) in [6.45, 7) is 4.43. The van der Waals surface area contributed by atoms with E-state index in [1.807, 2.05) is 44.2 Å². The molecule has 0 N–H and O–H groups in total. The molecule has 7 nitrogen and oxygen atoms in total. The molecule has 0 saturated carbocycles. The number of carbonyl (C=O) groups excluding carboxylic acids is 2. The van der Waals surface area contributed by atoms with Gasteiger partial charge in [0.25, 0.3) is 0 Å². The summed E-state index contributed by atoms with van der Waals surface area (Å²) in [6.07, 6.45) is 0.250. The summed E-state index contributed by atoms with van der Waals surface area (Å²) >= 11 is 0. The van der Waals surface area contributed by atoms with Gasteiger partial charge >= 0.3 is 12.0 Å². The Hall–Kier alpha value is -2.53. The van der Waals surface area contributed by atoms with Crippen LogP contribution >= 0.6 is 0 Å². The number of nitro groups is 1. The Morgan fingerprint density at radius 2 is 1.85 bits per heavy atom. The molecule has 2 unspecified atom stereocenters. The lowest BCUT2D eigenvalue weighted by Gasteiger charge is -2.16. The summed E-state index contributed by atoms with van der Waals surface area (Å²) < 4.78 is 0. The highest BCUT2D eigenvalue weighted by molar-refractivity contribution is 5.78. The molecular formula is C13H15N3O4. The van der Waals surface area contributed by atoms with Crippen LogP contribution in [0.2, 0.25) is 0 Å². The van der Waals surface area contributed by atoms with Crippen molar-refractivity contribution in [2.24, 2.45) is 11.0 Å². The third-order valence-corrected chi connectivity index (χ3v) is 3.21. The second-order valence-electron chi connectivity index (χ2n) is 4.41. The number of amidine groups is 1. The van der Waals surface area contributed by atoms with Crippen molar-refractivity contribution in [3.05, 3.63) is 46.0 Å². The first-order chi connectivity index (χ1) is 9.51. The molecule has 1 heterocycles. The number of nitrogens with zero attached hydrogens (tertiary/aromatic N) is 3. The molecule has 7 heteroatoms. The van der Waals surface area contributed by atoms with Crippen LogP contribution in [-0.4, -0.2) is 28.0 Å². The molecule has 1 aliphatic rings. The van der Waals surface area contributed by atoms with E-state index in [1.165, 1.54) is 0 Å². The zero-order chi connectivity index (χ0) is 15.1. The Labute approximate surface area is 116 Å². The summed E-state index contributed by atoms with van der Waals surface area (Å²) in [4.78, 5) is 26.7. The minimum Gasteiger partial charge on any atom is -0.358 e. The van der Waals surface area contributed by atoms with Crippen molar-refractivity contribution in [3.63, 3.8) is 0 Å². The third-order valence-electron chi connectivity index (χ3n) is 3.21. The van der Waals surface area contributed by atoms with Gasteiger partial charge in [0.1, 0.15) is 0 Å². The van der Waals surface area contributed by atoms with Gasteiger partial charge in [-0.3, -0.25) is 0 Å². The third kappa shape index (κ3) is 3.73. The standard InChI is InChI=1S/C12H15N3O2.CO2/c1-9-10(2)14(13-12(9)15(16)17)8-11-6-4-3-5-7-11;2-1-3/h3-7,9-10H,8H2,1-2H3;. The normalized spacial score (nSPS) is 20.5. The molecule has 20 heavy (non-hydrogen) atoms. The molecule has 0 aliphatic carbocycles. The minimum atomic E-state index is -0.383. The highest BCUT2D eigenvalue weighted by atomic mass is 16.6. The predicted molar refractivity (Wildman–Crippen MR) is 70.0 cm³/mol. The van der Waals surface area contributed by atoms with Gasteiger partial charge < -0.3 is 10.1 Å². The number of hydrazone groups is 1. The number of benzene rings is 1.